The van der Waals surface area contributed by atoms with Gasteiger partial charge in [-0.15, -0.1) is 0 Å². The summed E-state index contributed by atoms with van der Waals surface area (Å²) in [6.07, 6.45) is -0.312. The standard InChI is InChI=1S/C15H24NO3.BrH/c1-16(2,3)9-15(10-17)11-18-14(19-12-15)13-7-5-4-6-8-13;/h4-8,14,17H,9-12H2,1-3H3;1H/q+1;/p-1. The Hall–Kier alpha value is -0.460. The van der Waals surface area contributed by atoms with Crippen LogP contribution in [-0.2, 0) is 9.47 Å². The van der Waals surface area contributed by atoms with Crippen molar-refractivity contribution in [3.8, 4) is 0 Å². The number of aliphatic hydroxyl groups excluding tert-OH is 1. The topological polar surface area (TPSA) is 38.7 Å². The summed E-state index contributed by atoms with van der Waals surface area (Å²) in [6.45, 7) is 1.96. The Morgan fingerprint density at radius 1 is 1.15 bits per heavy atom. The molecule has 0 aromatic heterocycles. The Morgan fingerprint density at radius 3 is 2.15 bits per heavy atom. The van der Waals surface area contributed by atoms with Crippen LogP contribution in [0.25, 0.3) is 0 Å². The van der Waals surface area contributed by atoms with Crippen molar-refractivity contribution in [1.82, 2.24) is 0 Å². The van der Waals surface area contributed by atoms with E-state index in [9.17, 15) is 5.11 Å². The Kier molecular flexibility index (Phi) is 6.16. The van der Waals surface area contributed by atoms with Crippen molar-refractivity contribution in [2.24, 2.45) is 5.41 Å². The van der Waals surface area contributed by atoms with Crippen molar-refractivity contribution in [3.05, 3.63) is 35.9 Å². The van der Waals surface area contributed by atoms with Gasteiger partial charge in [-0.25, -0.2) is 0 Å². The van der Waals surface area contributed by atoms with Crippen molar-refractivity contribution < 1.29 is 36.0 Å². The zero-order valence-electron chi connectivity index (χ0n) is 12.4. The first-order valence-electron chi connectivity index (χ1n) is 6.64. The van der Waals surface area contributed by atoms with E-state index in [0.717, 1.165) is 16.6 Å². The minimum Gasteiger partial charge on any atom is -1.00 e. The number of quaternary nitrogens is 1. The summed E-state index contributed by atoms with van der Waals surface area (Å²) in [5, 5.41) is 9.69. The van der Waals surface area contributed by atoms with Gasteiger partial charge in [-0.1, -0.05) is 30.3 Å². The molecule has 1 heterocycles. The molecular formula is C15H24BrNO3. The minimum atomic E-state index is -0.312. The Balaban J connectivity index is 0.00000200. The molecule has 4 nitrogen and oxygen atoms in total. The van der Waals surface area contributed by atoms with Gasteiger partial charge < -0.3 is 36.0 Å². The summed E-state index contributed by atoms with van der Waals surface area (Å²) in [5.74, 6) is 0. The van der Waals surface area contributed by atoms with Crippen molar-refractivity contribution in [2.75, 3.05) is 47.5 Å². The molecular weight excluding hydrogens is 322 g/mol. The van der Waals surface area contributed by atoms with Crippen LogP contribution in [0.1, 0.15) is 11.9 Å². The molecule has 0 aliphatic carbocycles. The number of rotatable bonds is 4. The van der Waals surface area contributed by atoms with Crippen LogP contribution in [-0.4, -0.2) is 57.1 Å². The van der Waals surface area contributed by atoms with Crippen LogP contribution in [0.5, 0.6) is 0 Å². The fourth-order valence-electron chi connectivity index (χ4n) is 2.64. The fraction of sp³-hybridized carbons (Fsp3) is 0.600. The van der Waals surface area contributed by atoms with E-state index < -0.39 is 0 Å². The molecule has 0 radical (unpaired) electrons. The van der Waals surface area contributed by atoms with Gasteiger partial charge in [0.15, 0.2) is 6.29 Å². The van der Waals surface area contributed by atoms with E-state index in [1.54, 1.807) is 0 Å². The van der Waals surface area contributed by atoms with Gasteiger partial charge in [-0.05, 0) is 0 Å². The first-order chi connectivity index (χ1) is 8.94. The van der Waals surface area contributed by atoms with Gasteiger partial charge in [0.25, 0.3) is 0 Å². The maximum absolute atomic E-state index is 9.69. The highest BCUT2D eigenvalue weighted by molar-refractivity contribution is 5.16. The molecule has 1 aromatic carbocycles. The van der Waals surface area contributed by atoms with Crippen LogP contribution >= 0.6 is 0 Å². The third-order valence-corrected chi connectivity index (χ3v) is 3.30. The number of aliphatic hydroxyl groups is 1. The van der Waals surface area contributed by atoms with Crippen LogP contribution in [0.15, 0.2) is 30.3 Å². The van der Waals surface area contributed by atoms with Gasteiger partial charge in [0.05, 0.1) is 52.9 Å². The Labute approximate surface area is 131 Å². The summed E-state index contributed by atoms with van der Waals surface area (Å²) in [7, 11) is 6.34. The van der Waals surface area contributed by atoms with E-state index in [-0.39, 0.29) is 35.3 Å². The van der Waals surface area contributed by atoms with E-state index in [2.05, 4.69) is 21.1 Å². The molecule has 0 unspecified atom stereocenters. The first kappa shape index (κ1) is 17.6. The van der Waals surface area contributed by atoms with Crippen LogP contribution < -0.4 is 17.0 Å². The molecule has 1 saturated heterocycles. The monoisotopic (exact) mass is 345 g/mol. The van der Waals surface area contributed by atoms with Crippen molar-refractivity contribution in [2.45, 2.75) is 6.29 Å². The van der Waals surface area contributed by atoms with Crippen molar-refractivity contribution in [3.63, 3.8) is 0 Å². The maximum Gasteiger partial charge on any atom is 0.183 e. The van der Waals surface area contributed by atoms with Crippen molar-refractivity contribution in [1.29, 1.82) is 0 Å². The van der Waals surface area contributed by atoms with Crippen LogP contribution in [0.2, 0.25) is 0 Å². The molecule has 114 valence electrons. The van der Waals surface area contributed by atoms with Gasteiger partial charge in [0.2, 0.25) is 0 Å². The fourth-order valence-corrected chi connectivity index (χ4v) is 2.64. The zero-order valence-corrected chi connectivity index (χ0v) is 14.0. The molecule has 1 N–H and O–H groups in total. The summed E-state index contributed by atoms with van der Waals surface area (Å²) < 4.78 is 12.4. The normalized spacial score (nSPS) is 26.9. The molecule has 20 heavy (non-hydrogen) atoms. The highest BCUT2D eigenvalue weighted by atomic mass is 79.9. The molecule has 1 aliphatic heterocycles. The smallest absolute Gasteiger partial charge is 0.183 e. The molecule has 0 saturated carbocycles. The lowest BCUT2D eigenvalue weighted by Crippen LogP contribution is -3.00. The van der Waals surface area contributed by atoms with Gasteiger partial charge in [-0.3, -0.25) is 0 Å². The van der Waals surface area contributed by atoms with E-state index >= 15 is 0 Å². The third kappa shape index (κ3) is 4.53. The third-order valence-electron chi connectivity index (χ3n) is 3.30. The predicted octanol–water partition coefficient (Wildman–Crippen LogP) is -1.58. The highest BCUT2D eigenvalue weighted by Crippen LogP contribution is 2.32. The summed E-state index contributed by atoms with van der Waals surface area (Å²) in [4.78, 5) is 0. The number of hydrogen-bond acceptors (Lipinski definition) is 3. The molecule has 0 bridgehead atoms. The van der Waals surface area contributed by atoms with Crippen LogP contribution in [0, 0.1) is 5.41 Å². The number of ether oxygens (including phenoxy) is 2. The van der Waals surface area contributed by atoms with Crippen molar-refractivity contribution >= 4 is 0 Å². The summed E-state index contributed by atoms with van der Waals surface area (Å²) >= 11 is 0. The molecule has 1 fully saturated rings. The van der Waals surface area contributed by atoms with Crippen LogP contribution in [0.4, 0.5) is 0 Å². The first-order valence-corrected chi connectivity index (χ1v) is 6.64. The molecule has 5 heteroatoms. The Morgan fingerprint density at radius 2 is 1.70 bits per heavy atom. The lowest BCUT2D eigenvalue weighted by atomic mass is 9.89. The SMILES string of the molecule is C[N+](C)(C)CC1(CO)COC(c2ccccc2)OC1.[Br-]. The molecule has 2 rings (SSSR count). The second-order valence-corrected chi connectivity index (χ2v) is 6.47. The molecule has 1 aromatic rings. The number of nitrogens with zero attached hydrogens (tertiary/aromatic N) is 1. The van der Waals surface area contributed by atoms with E-state index in [1.165, 1.54) is 0 Å². The second-order valence-electron chi connectivity index (χ2n) is 6.47. The summed E-state index contributed by atoms with van der Waals surface area (Å²) in [5.41, 5.74) is 0.725. The second kappa shape index (κ2) is 7.00. The average Bonchev–Trinajstić information content (AvgIpc) is 2.39. The van der Waals surface area contributed by atoms with Gasteiger partial charge in [0.1, 0.15) is 0 Å². The molecule has 0 amide bonds. The largest absolute Gasteiger partial charge is 1.00 e. The van der Waals surface area contributed by atoms with E-state index in [0.29, 0.717) is 13.2 Å². The molecule has 0 spiro atoms. The average molecular weight is 346 g/mol. The summed E-state index contributed by atoms with van der Waals surface area (Å²) in [6, 6.07) is 9.91. The van der Waals surface area contributed by atoms with Gasteiger partial charge >= 0.3 is 0 Å². The highest BCUT2D eigenvalue weighted by Gasteiger charge is 2.41. The lowest BCUT2D eigenvalue weighted by Gasteiger charge is -2.42. The van der Waals surface area contributed by atoms with Gasteiger partial charge in [-0.2, -0.15) is 0 Å². The molecule has 1 aliphatic rings. The Bertz CT molecular complexity index is 397. The molecule has 0 atom stereocenters. The quantitative estimate of drug-likeness (QED) is 0.669. The number of halogens is 1. The minimum absolute atomic E-state index is 0. The van der Waals surface area contributed by atoms with Gasteiger partial charge in [0, 0.05) is 5.56 Å². The maximum atomic E-state index is 9.69. The zero-order chi connectivity index (χ0) is 13.9. The number of benzene rings is 1. The van der Waals surface area contributed by atoms with Crippen LogP contribution in [0.3, 0.4) is 0 Å². The predicted molar refractivity (Wildman–Crippen MR) is 73.5 cm³/mol. The number of hydrogen-bond donors (Lipinski definition) is 1. The van der Waals surface area contributed by atoms with E-state index in [4.69, 9.17) is 9.47 Å². The lowest BCUT2D eigenvalue weighted by molar-refractivity contribution is -0.878. The van der Waals surface area contributed by atoms with E-state index in [1.807, 2.05) is 30.3 Å².